The van der Waals surface area contributed by atoms with Gasteiger partial charge in [-0.05, 0) is 24.6 Å². The van der Waals surface area contributed by atoms with Crippen LogP contribution in [0.5, 0.6) is 0 Å². The Hall–Kier alpha value is -1.51. The third-order valence-corrected chi connectivity index (χ3v) is 1.58. The van der Waals surface area contributed by atoms with Crippen molar-refractivity contribution in [2.24, 2.45) is 0 Å². The van der Waals surface area contributed by atoms with Crippen LogP contribution in [0.4, 0.5) is 0 Å². The van der Waals surface area contributed by atoms with Gasteiger partial charge in [0.2, 0.25) is 0 Å². The largest absolute Gasteiger partial charge is 0.417 e. The summed E-state index contributed by atoms with van der Waals surface area (Å²) in [4.78, 5) is 13.2. The van der Waals surface area contributed by atoms with Gasteiger partial charge in [-0.3, -0.25) is 4.98 Å². The Kier molecular flexibility index (Phi) is 6.18. The molecule has 2 aromatic rings. The van der Waals surface area contributed by atoms with Crippen LogP contribution in [0.1, 0.15) is 33.3 Å². The first-order valence-corrected chi connectivity index (χ1v) is 5.35. The molecule has 0 amide bonds. The molecule has 0 unspecified atom stereocenters. The van der Waals surface area contributed by atoms with Gasteiger partial charge < -0.3 is 4.42 Å². The smallest absolute Gasteiger partial charge is 0.408 e. The van der Waals surface area contributed by atoms with Gasteiger partial charge in [0.05, 0.1) is 5.52 Å². The first kappa shape index (κ1) is 13.5. The average molecular weight is 209 g/mol. The number of aromatic amines is 1. The lowest BCUT2D eigenvalue weighted by Gasteiger charge is -1.87. The minimum Gasteiger partial charge on any atom is -0.408 e. The Morgan fingerprint density at radius 1 is 1.13 bits per heavy atom. The number of oxazole rings is 1. The van der Waals surface area contributed by atoms with Crippen molar-refractivity contribution < 1.29 is 4.42 Å². The van der Waals surface area contributed by atoms with Gasteiger partial charge in [-0.25, -0.2) is 4.79 Å². The zero-order valence-electron chi connectivity index (χ0n) is 10.0. The van der Waals surface area contributed by atoms with Crippen LogP contribution in [0, 0.1) is 6.92 Å². The summed E-state index contributed by atoms with van der Waals surface area (Å²) in [7, 11) is 0. The molecule has 0 radical (unpaired) electrons. The summed E-state index contributed by atoms with van der Waals surface area (Å²) >= 11 is 0. The normalized spacial score (nSPS) is 8.60. The molecule has 0 aliphatic heterocycles. The zero-order valence-corrected chi connectivity index (χ0v) is 10.0. The highest BCUT2D eigenvalue weighted by molar-refractivity contribution is 5.72. The van der Waals surface area contributed by atoms with Crippen molar-refractivity contribution in [2.45, 2.75) is 34.6 Å². The van der Waals surface area contributed by atoms with Crippen LogP contribution in [0.2, 0.25) is 0 Å². The van der Waals surface area contributed by atoms with Gasteiger partial charge in [0.25, 0.3) is 0 Å². The van der Waals surface area contributed by atoms with Crippen molar-refractivity contribution in [1.82, 2.24) is 4.98 Å². The SMILES string of the molecule is CC.CC.Cc1ccc2[nH]c(=O)oc2c1. The minimum atomic E-state index is -0.398. The maximum Gasteiger partial charge on any atom is 0.417 e. The van der Waals surface area contributed by atoms with Gasteiger partial charge >= 0.3 is 5.76 Å². The molecule has 1 N–H and O–H groups in total. The molecular weight excluding hydrogens is 190 g/mol. The fourth-order valence-corrected chi connectivity index (χ4v) is 1.05. The van der Waals surface area contributed by atoms with E-state index in [4.69, 9.17) is 4.42 Å². The van der Waals surface area contributed by atoms with E-state index in [0.29, 0.717) is 5.58 Å². The lowest BCUT2D eigenvalue weighted by Crippen LogP contribution is -1.92. The molecule has 84 valence electrons. The summed E-state index contributed by atoms with van der Waals surface area (Å²) in [5.74, 6) is -0.398. The number of hydrogen-bond acceptors (Lipinski definition) is 2. The lowest BCUT2D eigenvalue weighted by atomic mass is 10.2. The van der Waals surface area contributed by atoms with E-state index in [-0.39, 0.29) is 0 Å². The van der Waals surface area contributed by atoms with E-state index in [0.717, 1.165) is 11.1 Å². The third kappa shape index (κ3) is 3.62. The molecule has 0 atom stereocenters. The minimum absolute atomic E-state index is 0.398. The Morgan fingerprint density at radius 3 is 2.33 bits per heavy atom. The molecule has 1 aromatic heterocycles. The molecule has 1 heterocycles. The van der Waals surface area contributed by atoms with Crippen LogP contribution in [0.15, 0.2) is 27.4 Å². The quantitative estimate of drug-likeness (QED) is 0.722. The number of H-pyrrole nitrogens is 1. The predicted molar refractivity (Wildman–Crippen MR) is 64.3 cm³/mol. The molecular formula is C12H19NO2. The van der Waals surface area contributed by atoms with Crippen LogP contribution in [0.3, 0.4) is 0 Å². The fraction of sp³-hybridized carbons (Fsp3) is 0.417. The summed E-state index contributed by atoms with van der Waals surface area (Å²) in [5.41, 5.74) is 2.45. The molecule has 2 rings (SSSR count). The Balaban J connectivity index is 0.000000442. The highest BCUT2D eigenvalue weighted by Gasteiger charge is 1.98. The van der Waals surface area contributed by atoms with Crippen molar-refractivity contribution in [1.29, 1.82) is 0 Å². The summed E-state index contributed by atoms with van der Waals surface area (Å²) in [5, 5.41) is 0. The molecule has 0 aliphatic rings. The predicted octanol–water partition coefficient (Wildman–Crippen LogP) is 3.48. The zero-order chi connectivity index (χ0) is 11.8. The van der Waals surface area contributed by atoms with Crippen molar-refractivity contribution in [3.63, 3.8) is 0 Å². The van der Waals surface area contributed by atoms with E-state index >= 15 is 0 Å². The standard InChI is InChI=1S/C8H7NO2.2C2H6/c1-5-2-3-6-7(4-5)11-8(10)9-6;2*1-2/h2-4H,1H3,(H,9,10);2*1-2H3. The summed E-state index contributed by atoms with van der Waals surface area (Å²) in [6.07, 6.45) is 0. The molecule has 15 heavy (non-hydrogen) atoms. The molecule has 3 nitrogen and oxygen atoms in total. The van der Waals surface area contributed by atoms with E-state index in [1.807, 2.05) is 52.8 Å². The van der Waals surface area contributed by atoms with Gasteiger partial charge in [-0.2, -0.15) is 0 Å². The first-order valence-electron chi connectivity index (χ1n) is 5.35. The summed E-state index contributed by atoms with van der Waals surface area (Å²) in [6.45, 7) is 9.95. The summed E-state index contributed by atoms with van der Waals surface area (Å²) < 4.78 is 4.84. The number of hydrogen-bond donors (Lipinski definition) is 1. The molecule has 0 saturated carbocycles. The van der Waals surface area contributed by atoms with Gasteiger partial charge in [-0.1, -0.05) is 33.8 Å². The maximum atomic E-state index is 10.7. The van der Waals surface area contributed by atoms with Crippen molar-refractivity contribution in [3.8, 4) is 0 Å². The third-order valence-electron chi connectivity index (χ3n) is 1.58. The van der Waals surface area contributed by atoms with Crippen molar-refractivity contribution in [2.75, 3.05) is 0 Å². The number of benzene rings is 1. The molecule has 0 fully saturated rings. The van der Waals surface area contributed by atoms with E-state index in [1.54, 1.807) is 0 Å². The molecule has 1 aromatic carbocycles. The second-order valence-corrected chi connectivity index (χ2v) is 2.51. The Morgan fingerprint density at radius 2 is 1.73 bits per heavy atom. The highest BCUT2D eigenvalue weighted by atomic mass is 16.4. The monoisotopic (exact) mass is 209 g/mol. The Bertz CT molecular complexity index is 440. The van der Waals surface area contributed by atoms with E-state index < -0.39 is 5.76 Å². The highest BCUT2D eigenvalue weighted by Crippen LogP contribution is 2.10. The van der Waals surface area contributed by atoms with Crippen molar-refractivity contribution >= 4 is 11.1 Å². The Labute approximate surface area is 90.1 Å². The van der Waals surface area contributed by atoms with Gasteiger partial charge in [0, 0.05) is 0 Å². The van der Waals surface area contributed by atoms with E-state index in [1.165, 1.54) is 0 Å². The van der Waals surface area contributed by atoms with Crippen LogP contribution in [-0.4, -0.2) is 4.98 Å². The van der Waals surface area contributed by atoms with Gasteiger partial charge in [0.1, 0.15) is 0 Å². The lowest BCUT2D eigenvalue weighted by molar-refractivity contribution is 0.555. The number of aromatic nitrogens is 1. The van der Waals surface area contributed by atoms with Crippen LogP contribution in [0.25, 0.3) is 11.1 Å². The molecule has 0 saturated heterocycles. The topological polar surface area (TPSA) is 46.0 Å². The average Bonchev–Trinajstić information content (AvgIpc) is 2.63. The van der Waals surface area contributed by atoms with Crippen LogP contribution >= 0.6 is 0 Å². The first-order chi connectivity index (χ1) is 7.25. The number of aryl methyl sites for hydroxylation is 1. The van der Waals surface area contributed by atoms with Crippen molar-refractivity contribution in [3.05, 3.63) is 34.3 Å². The second kappa shape index (κ2) is 6.87. The molecule has 0 bridgehead atoms. The second-order valence-electron chi connectivity index (χ2n) is 2.51. The van der Waals surface area contributed by atoms with Gasteiger partial charge in [-0.15, -0.1) is 0 Å². The fourth-order valence-electron chi connectivity index (χ4n) is 1.05. The molecule has 0 spiro atoms. The summed E-state index contributed by atoms with van der Waals surface area (Å²) in [6, 6.07) is 5.58. The van der Waals surface area contributed by atoms with Gasteiger partial charge in [0.15, 0.2) is 5.58 Å². The van der Waals surface area contributed by atoms with Crippen LogP contribution < -0.4 is 5.76 Å². The number of fused-ring (bicyclic) bond motifs is 1. The van der Waals surface area contributed by atoms with E-state index in [2.05, 4.69) is 4.98 Å². The maximum absolute atomic E-state index is 10.7. The number of rotatable bonds is 0. The van der Waals surface area contributed by atoms with Crippen LogP contribution in [-0.2, 0) is 0 Å². The molecule has 3 heteroatoms. The van der Waals surface area contributed by atoms with E-state index in [9.17, 15) is 4.79 Å². The number of nitrogens with one attached hydrogen (secondary N) is 1. The molecule has 0 aliphatic carbocycles.